The third kappa shape index (κ3) is 3.90. The zero-order chi connectivity index (χ0) is 15.3. The van der Waals surface area contributed by atoms with E-state index in [2.05, 4.69) is 11.9 Å². The van der Waals surface area contributed by atoms with Gasteiger partial charge in [-0.25, -0.2) is 8.42 Å². The minimum absolute atomic E-state index is 0.253. The zero-order valence-corrected chi connectivity index (χ0v) is 12.4. The van der Waals surface area contributed by atoms with Gasteiger partial charge in [0.2, 0.25) is 15.9 Å². The first kappa shape index (κ1) is 15.7. The lowest BCUT2D eigenvalue weighted by Gasteiger charge is -2.26. The smallest absolute Gasteiger partial charge is 0.243 e. The van der Waals surface area contributed by atoms with Gasteiger partial charge in [0.25, 0.3) is 0 Å². The normalized spacial score (nSPS) is 16.4. The van der Waals surface area contributed by atoms with Gasteiger partial charge < -0.3 is 10.1 Å². The maximum Gasteiger partial charge on any atom is 0.243 e. The van der Waals surface area contributed by atoms with Crippen molar-refractivity contribution in [3.63, 3.8) is 0 Å². The van der Waals surface area contributed by atoms with Crippen LogP contribution in [0.4, 0.5) is 0 Å². The van der Waals surface area contributed by atoms with Crippen LogP contribution in [-0.4, -0.2) is 44.9 Å². The molecule has 1 aromatic carbocycles. The summed E-state index contributed by atoms with van der Waals surface area (Å²) in [5.74, 6) is -0.264. The standard InChI is InChI=1S/C14H18N2O4S/c1-2-14(17)15-11-12-3-5-13(6-4-12)21(18,19)16-7-9-20-10-8-16/h2-6H,1,7-11H2,(H,15,17). The maximum atomic E-state index is 12.4. The Labute approximate surface area is 124 Å². The SMILES string of the molecule is C=CC(=O)NCc1ccc(S(=O)(=O)N2CCOCC2)cc1. The Morgan fingerprint density at radius 1 is 1.29 bits per heavy atom. The van der Waals surface area contributed by atoms with Gasteiger partial charge in [-0.3, -0.25) is 4.79 Å². The summed E-state index contributed by atoms with van der Waals surface area (Å²) in [7, 11) is -3.46. The lowest BCUT2D eigenvalue weighted by Crippen LogP contribution is -2.40. The van der Waals surface area contributed by atoms with E-state index in [1.165, 1.54) is 10.4 Å². The van der Waals surface area contributed by atoms with Gasteiger partial charge in [0.15, 0.2) is 0 Å². The molecule has 0 spiro atoms. The van der Waals surface area contributed by atoms with Crippen molar-refractivity contribution in [2.24, 2.45) is 0 Å². The average Bonchev–Trinajstić information content (AvgIpc) is 2.53. The van der Waals surface area contributed by atoms with E-state index in [4.69, 9.17) is 4.74 Å². The van der Waals surface area contributed by atoms with Crippen LogP contribution in [0, 0.1) is 0 Å². The minimum atomic E-state index is -3.46. The molecule has 0 unspecified atom stereocenters. The molecule has 0 atom stereocenters. The van der Waals surface area contributed by atoms with E-state index >= 15 is 0 Å². The van der Waals surface area contributed by atoms with E-state index in [1.807, 2.05) is 0 Å². The molecule has 1 amide bonds. The zero-order valence-electron chi connectivity index (χ0n) is 11.6. The molecular weight excluding hydrogens is 292 g/mol. The Morgan fingerprint density at radius 2 is 1.90 bits per heavy atom. The third-order valence-corrected chi connectivity index (χ3v) is 5.10. The number of benzene rings is 1. The van der Waals surface area contributed by atoms with Crippen LogP contribution in [0.15, 0.2) is 41.8 Å². The van der Waals surface area contributed by atoms with E-state index in [-0.39, 0.29) is 10.8 Å². The first-order valence-corrected chi connectivity index (χ1v) is 8.05. The van der Waals surface area contributed by atoms with Crippen molar-refractivity contribution in [2.45, 2.75) is 11.4 Å². The highest BCUT2D eigenvalue weighted by molar-refractivity contribution is 7.89. The van der Waals surface area contributed by atoms with E-state index in [9.17, 15) is 13.2 Å². The number of ether oxygens (including phenoxy) is 1. The number of hydrogen-bond donors (Lipinski definition) is 1. The van der Waals surface area contributed by atoms with Crippen molar-refractivity contribution in [1.29, 1.82) is 0 Å². The molecule has 7 heteroatoms. The lowest BCUT2D eigenvalue weighted by molar-refractivity contribution is -0.116. The molecule has 1 N–H and O–H groups in total. The third-order valence-electron chi connectivity index (χ3n) is 3.18. The van der Waals surface area contributed by atoms with Crippen LogP contribution in [0.2, 0.25) is 0 Å². The predicted molar refractivity (Wildman–Crippen MR) is 78.1 cm³/mol. The first-order valence-electron chi connectivity index (χ1n) is 6.61. The van der Waals surface area contributed by atoms with Crippen LogP contribution in [0.25, 0.3) is 0 Å². The molecule has 0 radical (unpaired) electrons. The minimum Gasteiger partial charge on any atom is -0.379 e. The second-order valence-corrected chi connectivity index (χ2v) is 6.52. The molecule has 1 saturated heterocycles. The Bertz CT molecular complexity index is 604. The molecule has 1 aliphatic rings. The van der Waals surface area contributed by atoms with Gasteiger partial charge in [0, 0.05) is 19.6 Å². The molecule has 1 fully saturated rings. The fourth-order valence-electron chi connectivity index (χ4n) is 1.98. The largest absolute Gasteiger partial charge is 0.379 e. The number of morpholine rings is 1. The molecule has 1 heterocycles. The fraction of sp³-hybridized carbons (Fsp3) is 0.357. The summed E-state index contributed by atoms with van der Waals surface area (Å²) in [6.45, 7) is 5.29. The Balaban J connectivity index is 2.07. The molecule has 0 bridgehead atoms. The van der Waals surface area contributed by atoms with Crippen molar-refractivity contribution in [1.82, 2.24) is 9.62 Å². The summed E-state index contributed by atoms with van der Waals surface area (Å²) in [6, 6.07) is 6.49. The summed E-state index contributed by atoms with van der Waals surface area (Å²) in [6.07, 6.45) is 1.19. The summed E-state index contributed by atoms with van der Waals surface area (Å²) in [4.78, 5) is 11.3. The van der Waals surface area contributed by atoms with E-state index in [0.29, 0.717) is 32.8 Å². The monoisotopic (exact) mass is 310 g/mol. The number of rotatable bonds is 5. The van der Waals surface area contributed by atoms with Crippen LogP contribution in [-0.2, 0) is 26.1 Å². The highest BCUT2D eigenvalue weighted by Gasteiger charge is 2.25. The van der Waals surface area contributed by atoms with Crippen LogP contribution < -0.4 is 5.32 Å². The van der Waals surface area contributed by atoms with Gasteiger partial charge in [0.1, 0.15) is 0 Å². The van der Waals surface area contributed by atoms with Gasteiger partial charge in [-0.2, -0.15) is 4.31 Å². The lowest BCUT2D eigenvalue weighted by atomic mass is 10.2. The van der Waals surface area contributed by atoms with Gasteiger partial charge in [-0.15, -0.1) is 0 Å². The summed E-state index contributed by atoms with van der Waals surface area (Å²) >= 11 is 0. The molecule has 0 aliphatic carbocycles. The van der Waals surface area contributed by atoms with Crippen LogP contribution >= 0.6 is 0 Å². The average molecular weight is 310 g/mol. The number of nitrogens with one attached hydrogen (secondary N) is 1. The molecule has 114 valence electrons. The molecule has 2 rings (SSSR count). The number of carbonyl (C=O) groups excluding carboxylic acids is 1. The molecule has 6 nitrogen and oxygen atoms in total. The maximum absolute atomic E-state index is 12.4. The number of carbonyl (C=O) groups is 1. The van der Waals surface area contributed by atoms with Crippen LogP contribution in [0.5, 0.6) is 0 Å². The highest BCUT2D eigenvalue weighted by Crippen LogP contribution is 2.17. The van der Waals surface area contributed by atoms with Crippen LogP contribution in [0.3, 0.4) is 0 Å². The van der Waals surface area contributed by atoms with Crippen molar-refractivity contribution >= 4 is 15.9 Å². The first-order chi connectivity index (χ1) is 10.0. The summed E-state index contributed by atoms with van der Waals surface area (Å²) in [5.41, 5.74) is 0.825. The molecule has 0 aromatic heterocycles. The topological polar surface area (TPSA) is 75.7 Å². The second kappa shape index (κ2) is 6.84. The summed E-state index contributed by atoms with van der Waals surface area (Å²) in [5, 5.41) is 2.64. The highest BCUT2D eigenvalue weighted by atomic mass is 32.2. The quantitative estimate of drug-likeness (QED) is 0.804. The van der Waals surface area contributed by atoms with Gasteiger partial charge in [0.05, 0.1) is 18.1 Å². The number of sulfonamides is 1. The number of hydrogen-bond acceptors (Lipinski definition) is 4. The number of amides is 1. The Morgan fingerprint density at radius 3 is 2.48 bits per heavy atom. The molecule has 21 heavy (non-hydrogen) atoms. The molecule has 1 aromatic rings. The second-order valence-electron chi connectivity index (χ2n) is 4.58. The van der Waals surface area contributed by atoms with Gasteiger partial charge in [-0.1, -0.05) is 18.7 Å². The molecule has 0 saturated carbocycles. The van der Waals surface area contributed by atoms with Crippen molar-refractivity contribution in [3.8, 4) is 0 Å². The van der Waals surface area contributed by atoms with Gasteiger partial charge in [-0.05, 0) is 23.8 Å². The Hall–Kier alpha value is -1.70. The van der Waals surface area contributed by atoms with Crippen molar-refractivity contribution in [3.05, 3.63) is 42.5 Å². The van der Waals surface area contributed by atoms with E-state index < -0.39 is 10.0 Å². The van der Waals surface area contributed by atoms with E-state index in [0.717, 1.165) is 5.56 Å². The van der Waals surface area contributed by atoms with E-state index in [1.54, 1.807) is 24.3 Å². The van der Waals surface area contributed by atoms with Crippen molar-refractivity contribution in [2.75, 3.05) is 26.3 Å². The molecule has 1 aliphatic heterocycles. The van der Waals surface area contributed by atoms with Gasteiger partial charge >= 0.3 is 0 Å². The molecular formula is C14H18N2O4S. The predicted octanol–water partition coefficient (Wildman–Crippen LogP) is 0.510. The summed E-state index contributed by atoms with van der Waals surface area (Å²) < 4.78 is 31.4. The van der Waals surface area contributed by atoms with Crippen LogP contribution in [0.1, 0.15) is 5.56 Å². The van der Waals surface area contributed by atoms with Crippen molar-refractivity contribution < 1.29 is 17.9 Å². The fourth-order valence-corrected chi connectivity index (χ4v) is 3.38. The Kier molecular flexibility index (Phi) is 5.11. The number of nitrogens with zero attached hydrogens (tertiary/aromatic N) is 1.